The topological polar surface area (TPSA) is 64.6 Å². The van der Waals surface area contributed by atoms with Crippen molar-refractivity contribution in [2.75, 3.05) is 5.32 Å². The van der Waals surface area contributed by atoms with Crippen LogP contribution in [0, 0.1) is 5.92 Å². The lowest BCUT2D eigenvalue weighted by Crippen LogP contribution is -2.25. The number of ketones is 1. The number of carbonyl (C=O) groups excluding carboxylic acids is 2. The summed E-state index contributed by atoms with van der Waals surface area (Å²) in [5.74, 6) is 0.439. The van der Waals surface area contributed by atoms with Crippen molar-refractivity contribution in [3.8, 4) is 17.2 Å². The number of ether oxygens (including phenoxy) is 2. The van der Waals surface area contributed by atoms with E-state index in [9.17, 15) is 18.4 Å². The molecule has 0 fully saturated rings. The first-order valence-corrected chi connectivity index (χ1v) is 12.8. The summed E-state index contributed by atoms with van der Waals surface area (Å²) in [5, 5.41) is 2.89. The van der Waals surface area contributed by atoms with Crippen LogP contribution >= 0.6 is 0 Å². The summed E-state index contributed by atoms with van der Waals surface area (Å²) < 4.78 is 35.1. The van der Waals surface area contributed by atoms with Gasteiger partial charge in [-0.15, -0.1) is 0 Å². The molecule has 0 spiro atoms. The molecule has 0 aromatic heterocycles. The number of amides is 1. The minimum Gasteiger partial charge on any atom is -0.457 e. The number of hydrogen-bond acceptors (Lipinski definition) is 4. The van der Waals surface area contributed by atoms with Gasteiger partial charge in [0.1, 0.15) is 17.2 Å². The third-order valence-corrected chi connectivity index (χ3v) is 6.11. The van der Waals surface area contributed by atoms with E-state index in [0.29, 0.717) is 22.6 Å². The van der Waals surface area contributed by atoms with Crippen LogP contribution in [0.5, 0.6) is 17.2 Å². The molecular weight excluding hydrogens is 512 g/mol. The average molecular weight is 542 g/mol. The lowest BCUT2D eigenvalue weighted by Gasteiger charge is -2.21. The third kappa shape index (κ3) is 7.86. The second-order valence-electron chi connectivity index (χ2n) is 9.42. The molecule has 1 amide bonds. The first-order chi connectivity index (χ1) is 19.3. The summed E-state index contributed by atoms with van der Waals surface area (Å²) in [6, 6.07) is 29.6. The highest BCUT2D eigenvalue weighted by Gasteiger charge is 2.24. The van der Waals surface area contributed by atoms with Gasteiger partial charge in [0.2, 0.25) is 5.91 Å². The Balaban J connectivity index is 1.38. The van der Waals surface area contributed by atoms with Crippen LogP contribution in [-0.2, 0) is 4.79 Å². The number of hydrogen-bond donors (Lipinski definition) is 1. The lowest BCUT2D eigenvalue weighted by atomic mass is 9.87. The lowest BCUT2D eigenvalue weighted by molar-refractivity contribution is -0.118. The minimum absolute atomic E-state index is 0.0317. The highest BCUT2D eigenvalue weighted by Crippen LogP contribution is 2.28. The van der Waals surface area contributed by atoms with Gasteiger partial charge in [-0.05, 0) is 83.8 Å². The normalized spacial score (nSPS) is 11.9. The summed E-state index contributed by atoms with van der Waals surface area (Å²) >= 11 is 0. The average Bonchev–Trinajstić information content (AvgIpc) is 2.93. The van der Waals surface area contributed by atoms with Gasteiger partial charge in [-0.3, -0.25) is 9.59 Å². The maximum Gasteiger partial charge on any atom is 0.387 e. The van der Waals surface area contributed by atoms with E-state index in [4.69, 9.17) is 4.74 Å². The highest BCUT2D eigenvalue weighted by atomic mass is 19.3. The Morgan fingerprint density at radius 3 is 2.10 bits per heavy atom. The number of anilines is 1. The summed E-state index contributed by atoms with van der Waals surface area (Å²) in [6.07, 6.45) is 3.21. The molecule has 5 nitrogen and oxygen atoms in total. The van der Waals surface area contributed by atoms with Gasteiger partial charge < -0.3 is 14.8 Å². The van der Waals surface area contributed by atoms with Crippen LogP contribution in [-0.4, -0.2) is 18.3 Å². The van der Waals surface area contributed by atoms with Gasteiger partial charge >= 0.3 is 6.61 Å². The van der Waals surface area contributed by atoms with E-state index in [0.717, 1.165) is 11.3 Å². The molecule has 1 unspecified atom stereocenters. The summed E-state index contributed by atoms with van der Waals surface area (Å²) in [4.78, 5) is 25.8. The van der Waals surface area contributed by atoms with Crippen LogP contribution in [0.3, 0.4) is 0 Å². The fourth-order valence-corrected chi connectivity index (χ4v) is 4.21. The standard InChI is InChI=1S/C33H29F2NO4/c1-22(2)31(25-14-18-28(19-15-25)40-33(34)35)32(38)36-26-16-12-24(13-17-26)30(37)20-11-23-7-6-10-29(21-23)39-27-8-4-3-5-9-27/h3-22,31,33H,1-2H3,(H,36,38). The van der Waals surface area contributed by atoms with Crippen molar-refractivity contribution in [2.45, 2.75) is 26.4 Å². The predicted molar refractivity (Wildman–Crippen MR) is 152 cm³/mol. The van der Waals surface area contributed by atoms with Crippen LogP contribution in [0.4, 0.5) is 14.5 Å². The Bertz CT molecular complexity index is 1450. The van der Waals surface area contributed by atoms with Crippen molar-refractivity contribution in [3.63, 3.8) is 0 Å². The molecule has 1 atom stereocenters. The van der Waals surface area contributed by atoms with Gasteiger partial charge in [0.15, 0.2) is 5.78 Å². The molecule has 4 aromatic rings. The van der Waals surface area contributed by atoms with E-state index < -0.39 is 12.5 Å². The zero-order valence-electron chi connectivity index (χ0n) is 22.1. The number of halogens is 2. The van der Waals surface area contributed by atoms with Crippen molar-refractivity contribution in [1.82, 2.24) is 0 Å². The van der Waals surface area contributed by atoms with Crippen LogP contribution in [0.2, 0.25) is 0 Å². The van der Waals surface area contributed by atoms with Crippen LogP contribution in [0.25, 0.3) is 6.08 Å². The zero-order chi connectivity index (χ0) is 28.5. The number of carbonyl (C=O) groups is 2. The molecule has 0 heterocycles. The Morgan fingerprint density at radius 2 is 1.45 bits per heavy atom. The van der Waals surface area contributed by atoms with Gasteiger partial charge in [0.25, 0.3) is 0 Å². The van der Waals surface area contributed by atoms with Crippen molar-refractivity contribution in [2.24, 2.45) is 5.92 Å². The number of nitrogens with one attached hydrogen (secondary N) is 1. The first-order valence-electron chi connectivity index (χ1n) is 12.8. The van der Waals surface area contributed by atoms with Gasteiger partial charge in [-0.1, -0.05) is 62.4 Å². The number of alkyl halides is 2. The molecule has 4 rings (SSSR count). The Kier molecular flexibility index (Phi) is 9.41. The van der Waals surface area contributed by atoms with E-state index in [1.54, 1.807) is 42.5 Å². The predicted octanol–water partition coefficient (Wildman–Crippen LogP) is 8.35. The Morgan fingerprint density at radius 1 is 0.775 bits per heavy atom. The molecule has 7 heteroatoms. The van der Waals surface area contributed by atoms with Crippen LogP contribution < -0.4 is 14.8 Å². The molecule has 0 saturated heterocycles. The number of allylic oxidation sites excluding steroid dienone is 1. The van der Waals surface area contributed by atoms with E-state index >= 15 is 0 Å². The number of benzene rings is 4. The van der Waals surface area contributed by atoms with Gasteiger partial charge in [0.05, 0.1) is 5.92 Å². The third-order valence-electron chi connectivity index (χ3n) is 6.11. The molecule has 4 aromatic carbocycles. The first kappa shape index (κ1) is 28.2. The van der Waals surface area contributed by atoms with Crippen molar-refractivity contribution in [3.05, 3.63) is 126 Å². The van der Waals surface area contributed by atoms with Crippen molar-refractivity contribution in [1.29, 1.82) is 0 Å². The van der Waals surface area contributed by atoms with Gasteiger partial charge in [0, 0.05) is 11.3 Å². The molecule has 0 aliphatic heterocycles. The van der Waals surface area contributed by atoms with Gasteiger partial charge in [-0.25, -0.2) is 0 Å². The van der Waals surface area contributed by atoms with Crippen LogP contribution in [0.15, 0.2) is 109 Å². The van der Waals surface area contributed by atoms with Gasteiger partial charge in [-0.2, -0.15) is 8.78 Å². The molecule has 1 N–H and O–H groups in total. The molecular formula is C33H29F2NO4. The van der Waals surface area contributed by atoms with E-state index in [1.165, 1.54) is 18.2 Å². The largest absolute Gasteiger partial charge is 0.457 e. The smallest absolute Gasteiger partial charge is 0.387 e. The molecule has 0 aliphatic rings. The fourth-order valence-electron chi connectivity index (χ4n) is 4.21. The molecule has 0 saturated carbocycles. The molecule has 204 valence electrons. The molecule has 0 radical (unpaired) electrons. The quantitative estimate of drug-likeness (QED) is 0.153. The van der Waals surface area contributed by atoms with E-state index in [2.05, 4.69) is 10.1 Å². The maximum absolute atomic E-state index is 13.1. The second-order valence-corrected chi connectivity index (χ2v) is 9.42. The zero-order valence-corrected chi connectivity index (χ0v) is 22.1. The Hall–Kier alpha value is -4.78. The molecule has 0 aliphatic carbocycles. The maximum atomic E-state index is 13.1. The second kappa shape index (κ2) is 13.3. The van der Waals surface area contributed by atoms with Crippen molar-refractivity contribution < 1.29 is 27.8 Å². The Labute approximate surface area is 232 Å². The van der Waals surface area contributed by atoms with Crippen molar-refractivity contribution >= 4 is 23.5 Å². The summed E-state index contributed by atoms with van der Waals surface area (Å²) in [6.45, 7) is 0.905. The molecule has 40 heavy (non-hydrogen) atoms. The number of rotatable bonds is 11. The number of para-hydroxylation sites is 1. The highest BCUT2D eigenvalue weighted by molar-refractivity contribution is 6.07. The van der Waals surface area contributed by atoms with E-state index in [1.807, 2.05) is 68.4 Å². The monoisotopic (exact) mass is 541 g/mol. The molecule has 0 bridgehead atoms. The minimum atomic E-state index is -2.91. The summed E-state index contributed by atoms with van der Waals surface area (Å²) in [5.41, 5.74) is 2.52. The SMILES string of the molecule is CC(C)C(C(=O)Nc1ccc(C(=O)C=Cc2cccc(Oc3ccccc3)c2)cc1)c1ccc(OC(F)F)cc1. The fraction of sp³-hybridized carbons (Fsp3) is 0.152. The van der Waals surface area contributed by atoms with Crippen LogP contribution in [0.1, 0.15) is 41.3 Å². The summed E-state index contributed by atoms with van der Waals surface area (Å²) in [7, 11) is 0. The van der Waals surface area contributed by atoms with E-state index in [-0.39, 0.29) is 23.4 Å².